The van der Waals surface area contributed by atoms with Crippen LogP contribution in [0.4, 0.5) is 4.39 Å². The van der Waals surface area contributed by atoms with Gasteiger partial charge in [-0.15, -0.1) is 0 Å². The van der Waals surface area contributed by atoms with Crippen molar-refractivity contribution in [1.29, 1.82) is 0 Å². The molecule has 29 heavy (non-hydrogen) atoms. The third-order valence-corrected chi connectivity index (χ3v) is 5.56. The van der Waals surface area contributed by atoms with Crippen LogP contribution in [0.1, 0.15) is 11.1 Å². The van der Waals surface area contributed by atoms with Gasteiger partial charge in [0.2, 0.25) is 0 Å². The van der Waals surface area contributed by atoms with Crippen molar-refractivity contribution < 1.29 is 23.4 Å². The molecule has 0 spiro atoms. The number of carbonyl (C=O) groups is 1. The number of amides is 1. The number of rotatable bonds is 8. The first-order chi connectivity index (χ1) is 14.0. The van der Waals surface area contributed by atoms with Crippen LogP contribution in [0, 0.1) is 5.82 Å². The second-order valence-corrected chi connectivity index (χ2v) is 7.83. The summed E-state index contributed by atoms with van der Waals surface area (Å²) in [5, 5.41) is 0. The highest BCUT2D eigenvalue weighted by molar-refractivity contribution is 8.26. The minimum Gasteiger partial charge on any atom is -0.493 e. The molecule has 1 heterocycles. The van der Waals surface area contributed by atoms with E-state index in [0.717, 1.165) is 11.1 Å². The number of thioether (sulfide) groups is 1. The zero-order valence-corrected chi connectivity index (χ0v) is 17.6. The number of hydrogen-bond donors (Lipinski definition) is 0. The Morgan fingerprint density at radius 2 is 1.90 bits per heavy atom. The lowest BCUT2D eigenvalue weighted by Crippen LogP contribution is -2.31. The van der Waals surface area contributed by atoms with Crippen LogP contribution >= 0.6 is 24.0 Å². The number of hydrogen-bond acceptors (Lipinski definition) is 6. The molecule has 1 aliphatic rings. The zero-order valence-electron chi connectivity index (χ0n) is 16.0. The standard InChI is InChI=1S/C21H20FNO4S2/c1-25-10-9-23-20(24)19(29-21(23)28)12-15-5-8-17(18(11-15)26-2)27-13-14-3-6-16(22)7-4-14/h3-8,11-12H,9-10,13H2,1-2H3. The van der Waals surface area contributed by atoms with E-state index in [1.54, 1.807) is 44.6 Å². The van der Waals surface area contributed by atoms with Crippen molar-refractivity contribution in [2.75, 3.05) is 27.4 Å². The first kappa shape index (κ1) is 21.3. The lowest BCUT2D eigenvalue weighted by molar-refractivity contribution is -0.122. The number of carbonyl (C=O) groups excluding carboxylic acids is 1. The summed E-state index contributed by atoms with van der Waals surface area (Å²) >= 11 is 6.55. The third kappa shape index (κ3) is 5.35. The summed E-state index contributed by atoms with van der Waals surface area (Å²) in [7, 11) is 3.13. The number of thiocarbonyl (C=S) groups is 1. The molecule has 2 aromatic rings. The Bertz CT molecular complexity index is 931. The normalized spacial score (nSPS) is 15.3. The second-order valence-electron chi connectivity index (χ2n) is 6.15. The van der Waals surface area contributed by atoms with Gasteiger partial charge in [-0.3, -0.25) is 9.69 Å². The molecule has 3 rings (SSSR count). The average Bonchev–Trinajstić information content (AvgIpc) is 2.99. The third-order valence-electron chi connectivity index (χ3n) is 4.19. The highest BCUT2D eigenvalue weighted by Gasteiger charge is 2.31. The molecule has 5 nitrogen and oxygen atoms in total. The molecule has 2 aromatic carbocycles. The van der Waals surface area contributed by atoms with E-state index >= 15 is 0 Å². The summed E-state index contributed by atoms with van der Waals surface area (Å²) in [5.74, 6) is 0.674. The van der Waals surface area contributed by atoms with E-state index in [9.17, 15) is 9.18 Å². The Hall–Kier alpha value is -2.42. The van der Waals surface area contributed by atoms with Gasteiger partial charge in [0.25, 0.3) is 5.91 Å². The van der Waals surface area contributed by atoms with Crippen LogP contribution < -0.4 is 9.47 Å². The molecule has 0 aromatic heterocycles. The molecule has 0 atom stereocenters. The minimum atomic E-state index is -0.289. The van der Waals surface area contributed by atoms with Crippen molar-refractivity contribution in [3.05, 3.63) is 64.3 Å². The van der Waals surface area contributed by atoms with Crippen LogP contribution in [-0.2, 0) is 16.1 Å². The monoisotopic (exact) mass is 433 g/mol. The van der Waals surface area contributed by atoms with Gasteiger partial charge in [0.1, 0.15) is 16.7 Å². The first-order valence-corrected chi connectivity index (χ1v) is 10.0. The van der Waals surface area contributed by atoms with E-state index in [-0.39, 0.29) is 18.3 Å². The number of halogens is 1. The number of nitrogens with zero attached hydrogens (tertiary/aromatic N) is 1. The average molecular weight is 434 g/mol. The summed E-state index contributed by atoms with van der Waals surface area (Å²) in [6.45, 7) is 1.14. The van der Waals surface area contributed by atoms with Gasteiger partial charge in [0.15, 0.2) is 11.5 Å². The first-order valence-electron chi connectivity index (χ1n) is 8.81. The van der Waals surface area contributed by atoms with Crippen molar-refractivity contribution >= 4 is 40.3 Å². The molecule has 1 fully saturated rings. The van der Waals surface area contributed by atoms with Crippen LogP contribution in [0.2, 0.25) is 0 Å². The van der Waals surface area contributed by atoms with Crippen molar-refractivity contribution in [2.24, 2.45) is 0 Å². The van der Waals surface area contributed by atoms with Crippen molar-refractivity contribution in [1.82, 2.24) is 4.90 Å². The maximum Gasteiger partial charge on any atom is 0.266 e. The Labute approximate surface area is 178 Å². The molecule has 0 saturated carbocycles. The molecule has 0 aliphatic carbocycles. The number of methoxy groups -OCH3 is 2. The van der Waals surface area contributed by atoms with Gasteiger partial charge in [-0.1, -0.05) is 42.2 Å². The van der Waals surface area contributed by atoms with E-state index in [1.165, 1.54) is 28.8 Å². The Morgan fingerprint density at radius 1 is 1.14 bits per heavy atom. The molecule has 0 radical (unpaired) electrons. The van der Waals surface area contributed by atoms with Crippen LogP contribution in [0.15, 0.2) is 47.4 Å². The van der Waals surface area contributed by atoms with Gasteiger partial charge in [0, 0.05) is 7.11 Å². The lowest BCUT2D eigenvalue weighted by atomic mass is 10.1. The van der Waals surface area contributed by atoms with Gasteiger partial charge in [-0.05, 0) is 41.5 Å². The fourth-order valence-corrected chi connectivity index (χ4v) is 3.97. The Balaban J connectivity index is 1.73. The summed E-state index contributed by atoms with van der Waals surface area (Å²) < 4.78 is 29.8. The molecule has 152 valence electrons. The summed E-state index contributed by atoms with van der Waals surface area (Å²) in [4.78, 5) is 14.6. The topological polar surface area (TPSA) is 48.0 Å². The predicted octanol–water partition coefficient (Wildman–Crippen LogP) is 4.26. The molecular weight excluding hydrogens is 413 g/mol. The molecule has 0 unspecified atom stereocenters. The maximum atomic E-state index is 13.0. The fourth-order valence-electron chi connectivity index (χ4n) is 2.66. The largest absolute Gasteiger partial charge is 0.493 e. The summed E-state index contributed by atoms with van der Waals surface area (Å²) in [6.07, 6.45) is 1.78. The number of ether oxygens (including phenoxy) is 3. The van der Waals surface area contributed by atoms with E-state index in [4.69, 9.17) is 26.4 Å². The maximum absolute atomic E-state index is 13.0. The van der Waals surface area contributed by atoms with Crippen molar-refractivity contribution in [3.8, 4) is 11.5 Å². The predicted molar refractivity (Wildman–Crippen MR) is 115 cm³/mol. The summed E-state index contributed by atoms with van der Waals surface area (Å²) in [5.41, 5.74) is 1.64. The lowest BCUT2D eigenvalue weighted by Gasteiger charge is -2.13. The SMILES string of the molecule is COCCN1C(=O)C(=Cc2ccc(OCc3ccc(F)cc3)c(OC)c2)SC1=S. The van der Waals surface area contributed by atoms with Crippen molar-refractivity contribution in [2.45, 2.75) is 6.61 Å². The van der Waals surface area contributed by atoms with Gasteiger partial charge >= 0.3 is 0 Å². The van der Waals surface area contributed by atoms with Crippen molar-refractivity contribution in [3.63, 3.8) is 0 Å². The highest BCUT2D eigenvalue weighted by atomic mass is 32.2. The molecule has 0 bridgehead atoms. The molecular formula is C21H20FNO4S2. The fraction of sp³-hybridized carbons (Fsp3) is 0.238. The van der Waals surface area contributed by atoms with E-state index in [0.29, 0.717) is 33.9 Å². The van der Waals surface area contributed by atoms with Gasteiger partial charge in [-0.25, -0.2) is 4.39 Å². The quantitative estimate of drug-likeness (QED) is 0.458. The van der Waals surface area contributed by atoms with Gasteiger partial charge in [-0.2, -0.15) is 0 Å². The molecule has 1 aliphatic heterocycles. The molecule has 0 N–H and O–H groups in total. The molecule has 1 saturated heterocycles. The van der Waals surface area contributed by atoms with Crippen LogP contribution in [0.5, 0.6) is 11.5 Å². The molecule has 8 heteroatoms. The second kappa shape index (κ2) is 9.87. The minimum absolute atomic E-state index is 0.132. The van der Waals surface area contributed by atoms with Crippen LogP contribution in [0.25, 0.3) is 6.08 Å². The smallest absolute Gasteiger partial charge is 0.266 e. The zero-order chi connectivity index (χ0) is 20.8. The Morgan fingerprint density at radius 3 is 2.59 bits per heavy atom. The van der Waals surface area contributed by atoms with E-state index in [2.05, 4.69) is 0 Å². The summed E-state index contributed by atoms with van der Waals surface area (Å²) in [6, 6.07) is 11.5. The van der Waals surface area contributed by atoms with Crippen LogP contribution in [0.3, 0.4) is 0 Å². The van der Waals surface area contributed by atoms with Gasteiger partial charge in [0.05, 0.1) is 25.2 Å². The van der Waals surface area contributed by atoms with Gasteiger partial charge < -0.3 is 14.2 Å². The number of benzene rings is 2. The van der Waals surface area contributed by atoms with Crippen LogP contribution in [-0.4, -0.2) is 42.5 Å². The van der Waals surface area contributed by atoms with E-state index < -0.39 is 0 Å². The van der Waals surface area contributed by atoms with E-state index in [1.807, 2.05) is 6.07 Å². The highest BCUT2D eigenvalue weighted by Crippen LogP contribution is 2.34. The Kier molecular flexibility index (Phi) is 7.24. The molecule has 1 amide bonds.